The van der Waals surface area contributed by atoms with Crippen LogP contribution in [0.1, 0.15) is 24.3 Å². The minimum absolute atomic E-state index is 0.450. The Bertz CT molecular complexity index is 1270. The molecule has 1 aliphatic rings. The fraction of sp³-hybridized carbons (Fsp3) is 0.160. The van der Waals surface area contributed by atoms with Crippen LogP contribution in [0.3, 0.4) is 0 Å². The van der Waals surface area contributed by atoms with Gasteiger partial charge in [-0.15, -0.1) is 10.2 Å². The van der Waals surface area contributed by atoms with E-state index in [1.807, 2.05) is 72.8 Å². The lowest BCUT2D eigenvalue weighted by Crippen LogP contribution is -2.18. The van der Waals surface area contributed by atoms with Crippen LogP contribution in [0.25, 0.3) is 11.3 Å². The van der Waals surface area contributed by atoms with Crippen LogP contribution < -0.4 is 14.8 Å². The first kappa shape index (κ1) is 21.7. The zero-order valence-electron chi connectivity index (χ0n) is 17.9. The number of fused-ring (bicyclic) bond motifs is 3. The van der Waals surface area contributed by atoms with E-state index in [9.17, 15) is 0 Å². The fourth-order valence-electron chi connectivity index (χ4n) is 3.55. The molecule has 0 spiro atoms. The number of anilines is 1. The van der Waals surface area contributed by atoms with Crippen LogP contribution >= 0.6 is 27.7 Å². The third-order valence-electron chi connectivity index (χ3n) is 5.12. The smallest absolute Gasteiger partial charge is 0.247 e. The Morgan fingerprint density at radius 2 is 1.79 bits per heavy atom. The Hall–Kier alpha value is -3.10. The van der Waals surface area contributed by atoms with Gasteiger partial charge in [0, 0.05) is 15.7 Å². The maximum Gasteiger partial charge on any atom is 0.247 e. The van der Waals surface area contributed by atoms with Gasteiger partial charge >= 0.3 is 0 Å². The van der Waals surface area contributed by atoms with E-state index in [1.165, 1.54) is 11.8 Å². The van der Waals surface area contributed by atoms with Crippen LogP contribution in [0.2, 0.25) is 0 Å². The first-order valence-corrected chi connectivity index (χ1v) is 12.4. The Morgan fingerprint density at radius 1 is 1.00 bits per heavy atom. The Morgan fingerprint density at radius 3 is 2.64 bits per heavy atom. The Labute approximate surface area is 204 Å². The highest BCUT2D eigenvalue weighted by atomic mass is 79.9. The third-order valence-corrected chi connectivity index (χ3v) is 6.36. The van der Waals surface area contributed by atoms with Crippen LogP contribution in [-0.2, 0) is 6.61 Å². The molecular formula is C25H21BrN4O2S. The zero-order chi connectivity index (χ0) is 22.6. The van der Waals surface area contributed by atoms with Gasteiger partial charge in [0.1, 0.15) is 12.4 Å². The highest BCUT2D eigenvalue weighted by Gasteiger charge is 2.27. The quantitative estimate of drug-likeness (QED) is 0.291. The zero-order valence-corrected chi connectivity index (χ0v) is 20.3. The van der Waals surface area contributed by atoms with Crippen LogP contribution in [-0.4, -0.2) is 20.9 Å². The van der Waals surface area contributed by atoms with E-state index in [0.717, 1.165) is 38.4 Å². The van der Waals surface area contributed by atoms with Crippen LogP contribution in [0, 0.1) is 0 Å². The second-order valence-electron chi connectivity index (χ2n) is 7.32. The molecule has 1 aromatic heterocycles. The number of nitrogens with zero attached hydrogens (tertiary/aromatic N) is 3. The van der Waals surface area contributed by atoms with Crippen molar-refractivity contribution in [3.05, 3.63) is 88.4 Å². The van der Waals surface area contributed by atoms with Crippen molar-refractivity contribution in [2.45, 2.75) is 24.9 Å². The molecule has 2 heterocycles. The number of hydrogen-bond donors (Lipinski definition) is 1. The molecule has 8 heteroatoms. The van der Waals surface area contributed by atoms with Gasteiger partial charge in [-0.1, -0.05) is 77.1 Å². The summed E-state index contributed by atoms with van der Waals surface area (Å²) in [4.78, 5) is 4.65. The highest BCUT2D eigenvalue weighted by Crippen LogP contribution is 2.41. The summed E-state index contributed by atoms with van der Waals surface area (Å²) >= 11 is 5.00. The standard InChI is InChI=1S/C25H21BrN4O2S/c1-2-33-25-28-24-22(29-30-25)18-7-3-5-9-20(18)27-23(32-24)19-8-4-6-10-21(19)31-15-16-11-13-17(26)14-12-16/h3-14,23,27H,2,15H2,1H3/t23-/m0/s1. The molecule has 166 valence electrons. The number of ether oxygens (including phenoxy) is 2. The third kappa shape index (κ3) is 4.82. The molecule has 6 nitrogen and oxygen atoms in total. The average molecular weight is 521 g/mol. The molecule has 3 aromatic carbocycles. The number of thioether (sulfide) groups is 1. The number of para-hydroxylation sites is 2. The van der Waals surface area contributed by atoms with E-state index in [0.29, 0.717) is 23.3 Å². The van der Waals surface area contributed by atoms with Crippen LogP contribution in [0.4, 0.5) is 5.69 Å². The summed E-state index contributed by atoms with van der Waals surface area (Å²) in [6.07, 6.45) is -0.510. The van der Waals surface area contributed by atoms with Crippen molar-refractivity contribution in [1.82, 2.24) is 15.2 Å². The molecule has 0 unspecified atom stereocenters. The predicted octanol–water partition coefficient (Wildman–Crippen LogP) is 6.50. The summed E-state index contributed by atoms with van der Waals surface area (Å²) in [5.74, 6) is 2.04. The van der Waals surface area contributed by atoms with Crippen LogP contribution in [0.15, 0.2) is 82.4 Å². The van der Waals surface area contributed by atoms with Gasteiger partial charge in [0.15, 0.2) is 5.69 Å². The van der Waals surface area contributed by atoms with Crippen molar-refractivity contribution in [1.29, 1.82) is 0 Å². The van der Waals surface area contributed by atoms with Gasteiger partial charge in [0.25, 0.3) is 0 Å². The van der Waals surface area contributed by atoms with Gasteiger partial charge in [0.05, 0.1) is 5.56 Å². The molecule has 0 radical (unpaired) electrons. The molecule has 5 rings (SSSR count). The molecule has 0 saturated heterocycles. The van der Waals surface area contributed by atoms with E-state index in [4.69, 9.17) is 9.47 Å². The van der Waals surface area contributed by atoms with E-state index < -0.39 is 6.23 Å². The molecule has 1 N–H and O–H groups in total. The van der Waals surface area contributed by atoms with Gasteiger partial charge < -0.3 is 14.8 Å². The molecule has 4 aromatic rings. The van der Waals surface area contributed by atoms with Gasteiger partial charge in [-0.05, 0) is 41.6 Å². The summed E-state index contributed by atoms with van der Waals surface area (Å²) in [5, 5.41) is 12.8. The lowest BCUT2D eigenvalue weighted by molar-refractivity contribution is 0.214. The first-order valence-electron chi connectivity index (χ1n) is 10.6. The molecule has 0 saturated carbocycles. The van der Waals surface area contributed by atoms with Crippen molar-refractivity contribution in [2.24, 2.45) is 0 Å². The van der Waals surface area contributed by atoms with E-state index in [1.54, 1.807) is 0 Å². The highest BCUT2D eigenvalue weighted by molar-refractivity contribution is 9.10. The van der Waals surface area contributed by atoms with Crippen molar-refractivity contribution >= 4 is 33.4 Å². The summed E-state index contributed by atoms with van der Waals surface area (Å²) in [6.45, 7) is 2.50. The number of rotatable bonds is 6. The van der Waals surface area contributed by atoms with E-state index in [-0.39, 0.29) is 0 Å². The van der Waals surface area contributed by atoms with Gasteiger partial charge in [-0.2, -0.15) is 4.98 Å². The van der Waals surface area contributed by atoms with Crippen molar-refractivity contribution in [3.8, 4) is 22.9 Å². The minimum atomic E-state index is -0.510. The molecule has 0 aliphatic carbocycles. The van der Waals surface area contributed by atoms with Gasteiger partial charge in [0.2, 0.25) is 17.3 Å². The van der Waals surface area contributed by atoms with Gasteiger partial charge in [-0.3, -0.25) is 0 Å². The predicted molar refractivity (Wildman–Crippen MR) is 134 cm³/mol. The van der Waals surface area contributed by atoms with Crippen LogP contribution in [0.5, 0.6) is 11.6 Å². The Balaban J connectivity index is 1.50. The molecule has 33 heavy (non-hydrogen) atoms. The topological polar surface area (TPSA) is 69.2 Å². The maximum atomic E-state index is 6.40. The van der Waals surface area contributed by atoms with Crippen molar-refractivity contribution in [2.75, 3.05) is 11.1 Å². The van der Waals surface area contributed by atoms with Crippen molar-refractivity contribution < 1.29 is 9.47 Å². The summed E-state index contributed by atoms with van der Waals surface area (Å²) in [6, 6.07) is 23.9. The van der Waals surface area contributed by atoms with Crippen molar-refractivity contribution in [3.63, 3.8) is 0 Å². The molecule has 0 amide bonds. The SMILES string of the molecule is CCSc1nnc2c(n1)O[C@@H](c1ccccc1OCc1ccc(Br)cc1)Nc1ccccc1-2. The second kappa shape index (κ2) is 9.80. The lowest BCUT2D eigenvalue weighted by atomic mass is 10.1. The number of nitrogens with one attached hydrogen (secondary N) is 1. The number of aromatic nitrogens is 3. The average Bonchev–Trinajstić information content (AvgIpc) is 3.00. The summed E-state index contributed by atoms with van der Waals surface area (Å²) in [5.41, 5.74) is 4.37. The van der Waals surface area contributed by atoms with E-state index in [2.05, 4.69) is 43.4 Å². The number of hydrogen-bond acceptors (Lipinski definition) is 7. The first-order chi connectivity index (χ1) is 16.2. The summed E-state index contributed by atoms with van der Waals surface area (Å²) in [7, 11) is 0. The largest absolute Gasteiger partial charge is 0.488 e. The molecule has 0 bridgehead atoms. The minimum Gasteiger partial charge on any atom is -0.488 e. The second-order valence-corrected chi connectivity index (χ2v) is 9.47. The Kier molecular flexibility index (Phi) is 6.46. The van der Waals surface area contributed by atoms with E-state index >= 15 is 0 Å². The molecule has 1 atom stereocenters. The monoisotopic (exact) mass is 520 g/mol. The lowest BCUT2D eigenvalue weighted by Gasteiger charge is -2.22. The molecule has 1 aliphatic heterocycles. The fourth-order valence-corrected chi connectivity index (χ4v) is 4.32. The maximum absolute atomic E-state index is 6.40. The normalized spacial score (nSPS) is 14.3. The molecule has 0 fully saturated rings. The van der Waals surface area contributed by atoms with Gasteiger partial charge in [-0.25, -0.2) is 0 Å². The molecular weight excluding hydrogens is 500 g/mol. The summed E-state index contributed by atoms with van der Waals surface area (Å²) < 4.78 is 13.6. The number of benzene rings is 3. The number of halogens is 1.